The average Bonchev–Trinajstić information content (AvgIpc) is 3.10. The van der Waals surface area contributed by atoms with Gasteiger partial charge in [-0.15, -0.1) is 0 Å². The second kappa shape index (κ2) is 37.8. The van der Waals surface area contributed by atoms with Gasteiger partial charge in [0.25, 0.3) is 0 Å². The minimum absolute atomic E-state index is 0.0880. The lowest BCUT2D eigenvalue weighted by molar-refractivity contribution is -0.147. The Morgan fingerprint density at radius 2 is 0.900 bits per heavy atom. The first kappa shape index (κ1) is 49.0. The molecule has 1 amide bonds. The van der Waals surface area contributed by atoms with E-state index < -0.39 is 26.5 Å². The molecule has 9 nitrogen and oxygen atoms in total. The predicted octanol–water partition coefficient (Wildman–Crippen LogP) is 11.3. The number of hydrogen-bond donors (Lipinski definition) is 3. The number of rotatable bonds is 40. The first-order valence-electron chi connectivity index (χ1n) is 21.0. The predicted molar refractivity (Wildman–Crippen MR) is 206 cm³/mol. The van der Waals surface area contributed by atoms with Gasteiger partial charge in [0.15, 0.2) is 0 Å². The molecular weight excluding hydrogens is 653 g/mol. The Kier molecular flexibility index (Phi) is 37.0. The Hall–Kier alpha value is -0.990. The topological polar surface area (TPSA) is 131 Å². The molecule has 0 fully saturated rings. The quantitative estimate of drug-likeness (QED) is 0.0322. The number of unbranched alkanes of at least 4 members (excludes halogenated alkanes) is 27. The van der Waals surface area contributed by atoms with Crippen molar-refractivity contribution in [2.24, 2.45) is 0 Å². The van der Waals surface area contributed by atoms with Crippen LogP contribution in [0.15, 0.2) is 0 Å². The van der Waals surface area contributed by atoms with E-state index in [1.54, 1.807) is 0 Å². The third-order valence-corrected chi connectivity index (χ3v) is 10.3. The van der Waals surface area contributed by atoms with Crippen LogP contribution >= 0.6 is 7.82 Å². The van der Waals surface area contributed by atoms with Gasteiger partial charge < -0.3 is 20.1 Å². The number of hydrogen-bond acceptors (Lipinski definition) is 7. The van der Waals surface area contributed by atoms with Crippen LogP contribution in [0.25, 0.3) is 0 Å². The number of nitrogens with one attached hydrogen (secondary N) is 1. The van der Waals surface area contributed by atoms with Gasteiger partial charge in [-0.3, -0.25) is 18.6 Å². The minimum Gasteiger partial charge on any atom is -0.463 e. The molecule has 0 rings (SSSR count). The van der Waals surface area contributed by atoms with Gasteiger partial charge in [0.05, 0.1) is 13.2 Å². The molecule has 0 saturated carbocycles. The molecular formula is C40H80NO8P. The van der Waals surface area contributed by atoms with E-state index in [2.05, 4.69) is 19.2 Å². The summed E-state index contributed by atoms with van der Waals surface area (Å²) >= 11 is 0. The fraction of sp³-hybridized carbons (Fsp3) is 0.950. The van der Waals surface area contributed by atoms with Crippen LogP contribution in [-0.2, 0) is 27.9 Å². The van der Waals surface area contributed by atoms with Gasteiger partial charge in [-0.2, -0.15) is 0 Å². The smallest absolute Gasteiger partial charge is 0.463 e. The summed E-state index contributed by atoms with van der Waals surface area (Å²) in [5, 5.41) is 12.7. The molecule has 0 aliphatic rings. The summed E-state index contributed by atoms with van der Waals surface area (Å²) in [6, 6.07) is 0. The third-order valence-electron chi connectivity index (χ3n) is 9.29. The Morgan fingerprint density at radius 1 is 0.540 bits per heavy atom. The first-order chi connectivity index (χ1) is 24.3. The highest BCUT2D eigenvalue weighted by atomic mass is 31.2. The lowest BCUT2D eigenvalue weighted by Crippen LogP contribution is -2.27. The van der Waals surface area contributed by atoms with E-state index in [0.717, 1.165) is 38.5 Å². The van der Waals surface area contributed by atoms with Crippen molar-refractivity contribution in [2.75, 3.05) is 26.4 Å². The van der Waals surface area contributed by atoms with E-state index >= 15 is 0 Å². The molecule has 0 aliphatic heterocycles. The summed E-state index contributed by atoms with van der Waals surface area (Å²) < 4.78 is 26.8. The lowest BCUT2D eigenvalue weighted by atomic mass is 10.0. The molecule has 0 heterocycles. The largest absolute Gasteiger partial charge is 0.472 e. The zero-order valence-electron chi connectivity index (χ0n) is 32.6. The van der Waals surface area contributed by atoms with Gasteiger partial charge in [-0.25, -0.2) is 4.57 Å². The number of aliphatic hydroxyl groups is 1. The number of aliphatic hydroxyl groups excluding tert-OH is 1. The van der Waals surface area contributed by atoms with Crippen LogP contribution in [0.2, 0.25) is 0 Å². The molecule has 0 aromatic carbocycles. The van der Waals surface area contributed by atoms with Crippen LogP contribution in [0, 0.1) is 0 Å². The molecule has 10 heteroatoms. The Morgan fingerprint density at radius 3 is 1.30 bits per heavy atom. The van der Waals surface area contributed by atoms with E-state index in [1.807, 2.05) is 0 Å². The molecule has 2 atom stereocenters. The Balaban J connectivity index is 3.56. The summed E-state index contributed by atoms with van der Waals surface area (Å²) in [5.41, 5.74) is 0. The zero-order chi connectivity index (χ0) is 36.8. The van der Waals surface area contributed by atoms with Gasteiger partial charge in [0.1, 0.15) is 12.7 Å². The molecule has 50 heavy (non-hydrogen) atoms. The first-order valence-corrected chi connectivity index (χ1v) is 22.5. The van der Waals surface area contributed by atoms with Gasteiger partial charge in [-0.1, -0.05) is 187 Å². The molecule has 0 spiro atoms. The highest BCUT2D eigenvalue weighted by molar-refractivity contribution is 7.47. The molecule has 0 aromatic rings. The lowest BCUT2D eigenvalue weighted by Gasteiger charge is -2.15. The van der Waals surface area contributed by atoms with Crippen LogP contribution in [0.4, 0.5) is 0 Å². The number of ether oxygens (including phenoxy) is 1. The summed E-state index contributed by atoms with van der Waals surface area (Å²) in [6.07, 6.45) is 36.0. The van der Waals surface area contributed by atoms with Crippen molar-refractivity contribution in [2.45, 2.75) is 219 Å². The Labute approximate surface area is 307 Å². The van der Waals surface area contributed by atoms with Crippen molar-refractivity contribution in [3.05, 3.63) is 0 Å². The Bertz CT molecular complexity index is 799. The SMILES string of the molecule is CCCCCCCCCCCCCCCCCCC(=O)OCC(O)COP(=O)(O)OCCNC(=O)CCCCCCCCCCCCCCC. The van der Waals surface area contributed by atoms with Gasteiger partial charge >= 0.3 is 13.8 Å². The number of carbonyl (C=O) groups excluding carboxylic acids is 2. The normalized spacial score (nSPS) is 13.3. The van der Waals surface area contributed by atoms with Gasteiger partial charge in [0.2, 0.25) is 5.91 Å². The molecule has 0 saturated heterocycles. The molecule has 0 aromatic heterocycles. The maximum atomic E-state index is 12.1. The molecule has 3 N–H and O–H groups in total. The molecule has 0 bridgehead atoms. The van der Waals surface area contributed by atoms with Crippen molar-refractivity contribution in [3.63, 3.8) is 0 Å². The summed E-state index contributed by atoms with van der Waals surface area (Å²) in [4.78, 5) is 33.8. The fourth-order valence-corrected chi connectivity index (χ4v) is 6.84. The van der Waals surface area contributed by atoms with Crippen LogP contribution in [0.1, 0.15) is 213 Å². The van der Waals surface area contributed by atoms with Gasteiger partial charge in [-0.05, 0) is 12.8 Å². The summed E-state index contributed by atoms with van der Waals surface area (Å²) in [7, 11) is -4.40. The van der Waals surface area contributed by atoms with Crippen molar-refractivity contribution in [3.8, 4) is 0 Å². The van der Waals surface area contributed by atoms with E-state index in [0.29, 0.717) is 12.8 Å². The van der Waals surface area contributed by atoms with E-state index in [-0.39, 0.29) is 25.7 Å². The molecule has 2 unspecified atom stereocenters. The standard InChI is InChI=1S/C40H80NO8P/c1-3-5-7-9-11-13-15-17-18-19-21-23-25-27-29-31-33-40(44)47-36-38(42)37-49-50(45,46)48-35-34-41-39(43)32-30-28-26-24-22-20-16-14-12-10-8-6-4-2/h38,42H,3-37H2,1-2H3,(H,41,43)(H,45,46). The highest BCUT2D eigenvalue weighted by Crippen LogP contribution is 2.42. The minimum atomic E-state index is -4.40. The average molecular weight is 734 g/mol. The van der Waals surface area contributed by atoms with Crippen LogP contribution < -0.4 is 5.32 Å². The van der Waals surface area contributed by atoms with Crippen molar-refractivity contribution in [1.82, 2.24) is 5.32 Å². The van der Waals surface area contributed by atoms with E-state index in [9.17, 15) is 24.2 Å². The monoisotopic (exact) mass is 734 g/mol. The second-order valence-corrected chi connectivity index (χ2v) is 15.8. The molecule has 0 aliphatic carbocycles. The summed E-state index contributed by atoms with van der Waals surface area (Å²) in [6.45, 7) is 3.58. The van der Waals surface area contributed by atoms with E-state index in [1.165, 1.54) is 148 Å². The van der Waals surface area contributed by atoms with Crippen molar-refractivity contribution in [1.29, 1.82) is 0 Å². The fourth-order valence-electron chi connectivity index (χ4n) is 6.09. The highest BCUT2D eigenvalue weighted by Gasteiger charge is 2.23. The zero-order valence-corrected chi connectivity index (χ0v) is 33.5. The molecule has 0 radical (unpaired) electrons. The maximum absolute atomic E-state index is 12.1. The third kappa shape index (κ3) is 38.2. The maximum Gasteiger partial charge on any atom is 0.472 e. The number of carbonyl (C=O) groups is 2. The second-order valence-electron chi connectivity index (χ2n) is 14.3. The number of phosphoric ester groups is 1. The molecule has 298 valence electrons. The van der Waals surface area contributed by atoms with Crippen LogP contribution in [0.3, 0.4) is 0 Å². The van der Waals surface area contributed by atoms with E-state index in [4.69, 9.17) is 13.8 Å². The van der Waals surface area contributed by atoms with Crippen molar-refractivity contribution < 1.29 is 37.9 Å². The van der Waals surface area contributed by atoms with Crippen LogP contribution in [-0.4, -0.2) is 54.3 Å². The number of esters is 1. The summed E-state index contributed by atoms with van der Waals surface area (Å²) in [5.74, 6) is -0.505. The number of phosphoric acid groups is 1. The van der Waals surface area contributed by atoms with Crippen molar-refractivity contribution >= 4 is 19.7 Å². The number of amides is 1. The van der Waals surface area contributed by atoms with Gasteiger partial charge in [0, 0.05) is 19.4 Å². The van der Waals surface area contributed by atoms with Crippen LogP contribution in [0.5, 0.6) is 0 Å².